The van der Waals surface area contributed by atoms with E-state index in [4.69, 9.17) is 11.6 Å². The van der Waals surface area contributed by atoms with Crippen LogP contribution in [-0.2, 0) is 26.1 Å². The lowest BCUT2D eigenvalue weighted by Gasteiger charge is -2.36. The van der Waals surface area contributed by atoms with Crippen molar-refractivity contribution >= 4 is 40.7 Å². The van der Waals surface area contributed by atoms with E-state index < -0.39 is 40.9 Å². The summed E-state index contributed by atoms with van der Waals surface area (Å²) in [6.45, 7) is 2.42. The molecule has 4 aliphatic heterocycles. The van der Waals surface area contributed by atoms with E-state index in [2.05, 4.69) is 5.32 Å². The third-order valence-corrected chi connectivity index (χ3v) is 7.98. The van der Waals surface area contributed by atoms with Gasteiger partial charge in [-0.15, -0.1) is 0 Å². The Morgan fingerprint density at radius 1 is 1.09 bits per heavy atom. The van der Waals surface area contributed by atoms with Gasteiger partial charge < -0.3 is 5.32 Å². The van der Waals surface area contributed by atoms with Gasteiger partial charge >= 0.3 is 6.18 Å². The standard InChI is InChI=1S/C24H19ClF3N3O3/c1-11-4-7-15-13(9-11)23(22(34)29-15)19-18(16-3-2-8-30(16)23)20(32)31(21(19)33)17-10-12(24(26,27)28)5-6-14(17)25/h4-7,9-10,16,18-19H,2-3,8H2,1H3,(H,29,34)/t16-,18+,19+,23-/m1/s1. The number of alkyl halides is 3. The molecule has 2 aromatic carbocycles. The number of benzene rings is 2. The normalized spacial score (nSPS) is 30.2. The van der Waals surface area contributed by atoms with Crippen molar-refractivity contribution in [3.63, 3.8) is 0 Å². The third-order valence-electron chi connectivity index (χ3n) is 7.66. The van der Waals surface area contributed by atoms with Crippen molar-refractivity contribution in [3.05, 3.63) is 58.1 Å². The second-order valence-electron chi connectivity index (χ2n) is 9.35. The molecule has 0 saturated carbocycles. The molecule has 10 heteroatoms. The summed E-state index contributed by atoms with van der Waals surface area (Å²) in [4.78, 5) is 43.9. The zero-order valence-corrected chi connectivity index (χ0v) is 18.7. The van der Waals surface area contributed by atoms with Gasteiger partial charge in [0.25, 0.3) is 0 Å². The first-order valence-corrected chi connectivity index (χ1v) is 11.4. The number of nitrogens with one attached hydrogen (secondary N) is 1. The van der Waals surface area contributed by atoms with Gasteiger partial charge in [-0.3, -0.25) is 19.3 Å². The smallest absolute Gasteiger partial charge is 0.324 e. The quantitative estimate of drug-likeness (QED) is 0.612. The van der Waals surface area contributed by atoms with Gasteiger partial charge in [0, 0.05) is 17.3 Å². The highest BCUT2D eigenvalue weighted by Gasteiger charge is 2.74. The molecule has 1 N–H and O–H groups in total. The average molecular weight is 490 g/mol. The van der Waals surface area contributed by atoms with Gasteiger partial charge in [0.1, 0.15) is 5.54 Å². The van der Waals surface area contributed by atoms with E-state index in [-0.39, 0.29) is 22.7 Å². The molecule has 4 atom stereocenters. The molecule has 4 heterocycles. The van der Waals surface area contributed by atoms with E-state index in [1.54, 1.807) is 6.07 Å². The first-order chi connectivity index (χ1) is 16.1. The van der Waals surface area contributed by atoms with Crippen molar-refractivity contribution in [2.75, 3.05) is 16.8 Å². The Morgan fingerprint density at radius 2 is 1.85 bits per heavy atom. The van der Waals surface area contributed by atoms with E-state index in [0.717, 1.165) is 35.1 Å². The highest BCUT2D eigenvalue weighted by Crippen LogP contribution is 2.61. The molecule has 3 fully saturated rings. The van der Waals surface area contributed by atoms with Crippen LogP contribution in [0, 0.1) is 18.8 Å². The van der Waals surface area contributed by atoms with Crippen LogP contribution in [0.25, 0.3) is 0 Å². The number of anilines is 2. The number of hydrogen-bond acceptors (Lipinski definition) is 4. The van der Waals surface area contributed by atoms with Gasteiger partial charge in [-0.1, -0.05) is 29.3 Å². The van der Waals surface area contributed by atoms with E-state index >= 15 is 0 Å². The molecule has 34 heavy (non-hydrogen) atoms. The summed E-state index contributed by atoms with van der Waals surface area (Å²) in [6, 6.07) is 7.68. The fourth-order valence-electron chi connectivity index (χ4n) is 6.41. The summed E-state index contributed by atoms with van der Waals surface area (Å²) >= 11 is 6.20. The van der Waals surface area contributed by atoms with Crippen LogP contribution in [0.4, 0.5) is 24.5 Å². The van der Waals surface area contributed by atoms with Crippen LogP contribution in [0.3, 0.4) is 0 Å². The second kappa shape index (κ2) is 6.82. The Hall–Kier alpha value is -2.91. The summed E-state index contributed by atoms with van der Waals surface area (Å²) in [5, 5.41) is 2.74. The van der Waals surface area contributed by atoms with Gasteiger partial charge in [-0.2, -0.15) is 13.2 Å². The lowest BCUT2D eigenvalue weighted by atomic mass is 9.75. The van der Waals surface area contributed by atoms with E-state index in [0.29, 0.717) is 24.2 Å². The van der Waals surface area contributed by atoms with Crippen molar-refractivity contribution < 1.29 is 27.6 Å². The zero-order valence-electron chi connectivity index (χ0n) is 17.9. The molecule has 0 aromatic heterocycles. The summed E-state index contributed by atoms with van der Waals surface area (Å²) in [6.07, 6.45) is -3.32. The molecule has 2 aromatic rings. The topological polar surface area (TPSA) is 69.7 Å². The predicted octanol–water partition coefficient (Wildman–Crippen LogP) is 4.10. The molecule has 0 bridgehead atoms. The molecule has 176 valence electrons. The van der Waals surface area contributed by atoms with E-state index in [1.807, 2.05) is 24.0 Å². The van der Waals surface area contributed by atoms with Crippen LogP contribution in [0.15, 0.2) is 36.4 Å². The highest BCUT2D eigenvalue weighted by molar-refractivity contribution is 6.36. The van der Waals surface area contributed by atoms with Crippen LogP contribution in [0.5, 0.6) is 0 Å². The predicted molar refractivity (Wildman–Crippen MR) is 117 cm³/mol. The third kappa shape index (κ3) is 2.54. The van der Waals surface area contributed by atoms with E-state index in [9.17, 15) is 27.6 Å². The molecule has 0 aliphatic carbocycles. The largest absolute Gasteiger partial charge is 0.416 e. The monoisotopic (exact) mass is 489 g/mol. The molecule has 0 unspecified atom stereocenters. The minimum absolute atomic E-state index is 0.140. The number of nitrogens with zero attached hydrogens (tertiary/aromatic N) is 2. The van der Waals surface area contributed by atoms with Crippen molar-refractivity contribution in [2.24, 2.45) is 11.8 Å². The van der Waals surface area contributed by atoms with Crippen molar-refractivity contribution in [3.8, 4) is 0 Å². The highest BCUT2D eigenvalue weighted by atomic mass is 35.5. The number of imide groups is 1. The lowest BCUT2D eigenvalue weighted by Crippen LogP contribution is -2.54. The number of rotatable bonds is 1. The molecule has 6 nitrogen and oxygen atoms in total. The minimum Gasteiger partial charge on any atom is -0.324 e. The minimum atomic E-state index is -4.67. The van der Waals surface area contributed by atoms with Gasteiger partial charge in [0.15, 0.2) is 0 Å². The number of halogens is 4. The van der Waals surface area contributed by atoms with Crippen LogP contribution in [0.1, 0.15) is 29.5 Å². The Labute approximate surface area is 197 Å². The van der Waals surface area contributed by atoms with Gasteiger partial charge in [-0.25, -0.2) is 4.90 Å². The molecular formula is C24H19ClF3N3O3. The number of amides is 3. The van der Waals surface area contributed by atoms with Crippen LogP contribution < -0.4 is 10.2 Å². The summed E-state index contributed by atoms with van der Waals surface area (Å²) < 4.78 is 40.2. The molecule has 0 radical (unpaired) electrons. The van der Waals surface area contributed by atoms with Crippen LogP contribution in [0.2, 0.25) is 5.02 Å². The van der Waals surface area contributed by atoms with Gasteiger partial charge in [0.05, 0.1) is 28.1 Å². The first-order valence-electron chi connectivity index (χ1n) is 11.0. The SMILES string of the molecule is Cc1ccc2c(c1)[C@]1(C(=O)N2)[C@@H]2C(=O)N(c3cc(C(F)(F)F)ccc3Cl)C(=O)[C@H]2[C@H]2CCCN21. The number of fused-ring (bicyclic) bond motifs is 7. The summed E-state index contributed by atoms with van der Waals surface area (Å²) in [5.41, 5.74) is -0.594. The number of hydrogen-bond donors (Lipinski definition) is 1. The fourth-order valence-corrected chi connectivity index (χ4v) is 6.62. The molecular weight excluding hydrogens is 471 g/mol. The maximum atomic E-state index is 13.9. The molecule has 1 spiro atoms. The number of aryl methyl sites for hydroxylation is 1. The summed E-state index contributed by atoms with van der Waals surface area (Å²) in [7, 11) is 0. The maximum Gasteiger partial charge on any atom is 0.416 e. The molecule has 6 rings (SSSR count). The average Bonchev–Trinajstić information content (AvgIpc) is 3.47. The first kappa shape index (κ1) is 21.6. The lowest BCUT2D eigenvalue weighted by molar-refractivity contribution is -0.137. The van der Waals surface area contributed by atoms with Crippen molar-refractivity contribution in [1.82, 2.24) is 4.90 Å². The van der Waals surface area contributed by atoms with Crippen molar-refractivity contribution in [1.29, 1.82) is 0 Å². The Bertz CT molecular complexity index is 1300. The number of carbonyl (C=O) groups excluding carboxylic acids is 3. The Morgan fingerprint density at radius 3 is 2.59 bits per heavy atom. The molecule has 3 saturated heterocycles. The molecule has 3 amide bonds. The van der Waals surface area contributed by atoms with Crippen LogP contribution in [-0.4, -0.2) is 35.2 Å². The second-order valence-corrected chi connectivity index (χ2v) is 9.76. The van der Waals surface area contributed by atoms with Gasteiger partial charge in [-0.05, 0) is 50.6 Å². The Balaban J connectivity index is 1.54. The van der Waals surface area contributed by atoms with Crippen LogP contribution >= 0.6 is 11.6 Å². The van der Waals surface area contributed by atoms with Gasteiger partial charge in [0.2, 0.25) is 17.7 Å². The molecule has 4 aliphatic rings. The van der Waals surface area contributed by atoms with Crippen molar-refractivity contribution in [2.45, 2.75) is 37.5 Å². The number of carbonyl (C=O) groups is 3. The fraction of sp³-hybridized carbons (Fsp3) is 0.375. The summed E-state index contributed by atoms with van der Waals surface area (Å²) in [5.74, 6) is -3.60. The zero-order chi connectivity index (χ0) is 24.2. The van der Waals surface area contributed by atoms with E-state index in [1.165, 1.54) is 0 Å². The maximum absolute atomic E-state index is 13.9. The Kier molecular flexibility index (Phi) is 4.34.